The third-order valence-corrected chi connectivity index (χ3v) is 7.97. The summed E-state index contributed by atoms with van der Waals surface area (Å²) >= 11 is 0. The first-order valence-corrected chi connectivity index (χ1v) is 12.8. The molecule has 3 fully saturated rings. The second-order valence-corrected chi connectivity index (χ2v) is 12.6. The number of amides is 4. The number of fused-ring (bicyclic) bond motifs is 1. The zero-order valence-electron chi connectivity index (χ0n) is 22.1. The van der Waals surface area contributed by atoms with Crippen molar-refractivity contribution < 1.29 is 24.0 Å². The topological polar surface area (TPSA) is 125 Å². The van der Waals surface area contributed by atoms with Gasteiger partial charge in [0.05, 0.1) is 6.04 Å². The van der Waals surface area contributed by atoms with Gasteiger partial charge >= 0.3 is 0 Å². The normalized spacial score (nSPS) is 28.7. The van der Waals surface area contributed by atoms with Crippen molar-refractivity contribution in [1.29, 1.82) is 0 Å². The largest absolute Gasteiger partial charge is 0.356 e. The fourth-order valence-corrected chi connectivity index (χ4v) is 5.81. The Morgan fingerprint density at radius 1 is 1.20 bits per heavy atom. The van der Waals surface area contributed by atoms with Crippen molar-refractivity contribution in [1.82, 2.24) is 20.9 Å². The molecule has 9 heteroatoms. The van der Waals surface area contributed by atoms with Crippen LogP contribution in [-0.4, -0.2) is 66.0 Å². The minimum absolute atomic E-state index is 0.0134. The molecule has 2 aliphatic heterocycles. The maximum absolute atomic E-state index is 13.8. The standard InChI is InChI=1S/C26H42N4O5/c1-14(2)10-18(32)29-21(25(3,4)5)24(35)30-12-17-19(26(17,6)7)20(30)23(34)28-16(13-31)11-15-8-9-27-22(15)33/h13-17,19-21H,8-12H2,1-7H3,(H,27,33)(H,28,34)(H,29,32)/t15?,16?,17-,19-,20-,21?/m0/s1. The first-order valence-electron chi connectivity index (χ1n) is 12.8. The quantitative estimate of drug-likeness (QED) is 0.420. The number of hydrogen-bond donors (Lipinski definition) is 3. The molecule has 1 saturated carbocycles. The summed E-state index contributed by atoms with van der Waals surface area (Å²) in [7, 11) is 0. The first-order chi connectivity index (χ1) is 16.2. The maximum atomic E-state index is 13.8. The lowest BCUT2D eigenvalue weighted by Gasteiger charge is -2.38. The monoisotopic (exact) mass is 490 g/mol. The van der Waals surface area contributed by atoms with Gasteiger partial charge in [-0.1, -0.05) is 48.5 Å². The highest BCUT2D eigenvalue weighted by atomic mass is 16.2. The number of likely N-dealkylation sites (tertiary alicyclic amines) is 1. The van der Waals surface area contributed by atoms with Crippen LogP contribution in [-0.2, 0) is 24.0 Å². The van der Waals surface area contributed by atoms with E-state index in [1.807, 2.05) is 34.6 Å². The number of carbonyl (C=O) groups is 5. The maximum Gasteiger partial charge on any atom is 0.246 e. The molecule has 3 N–H and O–H groups in total. The number of piperidine rings is 1. The molecule has 0 aromatic rings. The van der Waals surface area contributed by atoms with Crippen molar-refractivity contribution in [2.75, 3.05) is 13.1 Å². The average molecular weight is 491 g/mol. The molecule has 2 heterocycles. The van der Waals surface area contributed by atoms with Crippen molar-refractivity contribution >= 4 is 29.9 Å². The van der Waals surface area contributed by atoms with Crippen molar-refractivity contribution in [3.8, 4) is 0 Å². The van der Waals surface area contributed by atoms with E-state index >= 15 is 0 Å². The number of nitrogens with one attached hydrogen (secondary N) is 3. The summed E-state index contributed by atoms with van der Waals surface area (Å²) in [5.74, 6) is -0.897. The van der Waals surface area contributed by atoms with Gasteiger partial charge < -0.3 is 25.6 Å². The van der Waals surface area contributed by atoms with E-state index in [4.69, 9.17) is 0 Å². The molecule has 4 amide bonds. The van der Waals surface area contributed by atoms with Crippen molar-refractivity contribution in [2.24, 2.45) is 34.5 Å². The van der Waals surface area contributed by atoms with Crippen LogP contribution in [0, 0.1) is 34.5 Å². The number of nitrogens with zero attached hydrogens (tertiary/aromatic N) is 1. The Morgan fingerprint density at radius 2 is 1.86 bits per heavy atom. The van der Waals surface area contributed by atoms with E-state index in [9.17, 15) is 24.0 Å². The molecule has 0 bridgehead atoms. The summed E-state index contributed by atoms with van der Waals surface area (Å²) in [5.41, 5.74) is -0.632. The smallest absolute Gasteiger partial charge is 0.246 e. The molecule has 0 radical (unpaired) electrons. The van der Waals surface area contributed by atoms with E-state index in [0.29, 0.717) is 32.2 Å². The van der Waals surface area contributed by atoms with Crippen LogP contribution in [0.5, 0.6) is 0 Å². The molecule has 1 aliphatic carbocycles. The fraction of sp³-hybridized carbons (Fsp3) is 0.808. The number of rotatable bonds is 9. The second-order valence-electron chi connectivity index (χ2n) is 12.6. The summed E-state index contributed by atoms with van der Waals surface area (Å²) in [4.78, 5) is 65.2. The molecule has 35 heavy (non-hydrogen) atoms. The summed E-state index contributed by atoms with van der Waals surface area (Å²) in [6, 6.07) is -2.28. The third-order valence-electron chi connectivity index (χ3n) is 7.97. The predicted octanol–water partition coefficient (Wildman–Crippen LogP) is 1.26. The van der Waals surface area contributed by atoms with E-state index in [2.05, 4.69) is 29.8 Å². The highest BCUT2D eigenvalue weighted by Crippen LogP contribution is 2.65. The summed E-state index contributed by atoms with van der Waals surface area (Å²) in [6.45, 7) is 14.8. The molecule has 3 aliphatic rings. The van der Waals surface area contributed by atoms with Crippen molar-refractivity contribution in [3.63, 3.8) is 0 Å². The van der Waals surface area contributed by atoms with Gasteiger partial charge in [-0.05, 0) is 41.4 Å². The minimum Gasteiger partial charge on any atom is -0.356 e. The first kappa shape index (κ1) is 27.1. The molecular weight excluding hydrogens is 448 g/mol. The Bertz CT molecular complexity index is 877. The van der Waals surface area contributed by atoms with Crippen LogP contribution in [0.3, 0.4) is 0 Å². The van der Waals surface area contributed by atoms with Gasteiger partial charge in [0.2, 0.25) is 23.6 Å². The van der Waals surface area contributed by atoms with Gasteiger partial charge in [-0.3, -0.25) is 19.2 Å². The van der Waals surface area contributed by atoms with Crippen LogP contribution in [0.4, 0.5) is 0 Å². The molecule has 0 aromatic heterocycles. The lowest BCUT2D eigenvalue weighted by atomic mass is 9.85. The molecule has 6 atom stereocenters. The Balaban J connectivity index is 1.78. The number of aldehydes is 1. The number of hydrogen-bond acceptors (Lipinski definition) is 5. The summed E-state index contributed by atoms with van der Waals surface area (Å²) in [5, 5.41) is 8.48. The van der Waals surface area contributed by atoms with Gasteiger partial charge in [-0.2, -0.15) is 0 Å². The van der Waals surface area contributed by atoms with E-state index in [1.54, 1.807) is 4.90 Å². The van der Waals surface area contributed by atoms with Crippen LogP contribution < -0.4 is 16.0 Å². The van der Waals surface area contributed by atoms with Crippen LogP contribution in [0.2, 0.25) is 0 Å². The van der Waals surface area contributed by atoms with E-state index in [0.717, 1.165) is 0 Å². The Morgan fingerprint density at radius 3 is 2.37 bits per heavy atom. The predicted molar refractivity (Wildman–Crippen MR) is 131 cm³/mol. The van der Waals surface area contributed by atoms with Crippen molar-refractivity contribution in [2.45, 2.75) is 85.9 Å². The number of carbonyl (C=O) groups excluding carboxylic acids is 5. The van der Waals surface area contributed by atoms with Crippen LogP contribution >= 0.6 is 0 Å². The summed E-state index contributed by atoms with van der Waals surface area (Å²) < 4.78 is 0. The van der Waals surface area contributed by atoms with Gasteiger partial charge in [0.25, 0.3) is 0 Å². The van der Waals surface area contributed by atoms with Crippen molar-refractivity contribution in [3.05, 3.63) is 0 Å². The van der Waals surface area contributed by atoms with Gasteiger partial charge in [-0.25, -0.2) is 0 Å². The van der Waals surface area contributed by atoms with Gasteiger partial charge in [-0.15, -0.1) is 0 Å². The van der Waals surface area contributed by atoms with E-state index < -0.39 is 23.5 Å². The van der Waals surface area contributed by atoms with Gasteiger partial charge in [0.15, 0.2) is 0 Å². The zero-order valence-corrected chi connectivity index (χ0v) is 22.1. The molecule has 0 spiro atoms. The molecule has 9 nitrogen and oxygen atoms in total. The molecule has 3 unspecified atom stereocenters. The fourth-order valence-electron chi connectivity index (χ4n) is 5.81. The van der Waals surface area contributed by atoms with Crippen LogP contribution in [0.15, 0.2) is 0 Å². The summed E-state index contributed by atoms with van der Waals surface area (Å²) in [6.07, 6.45) is 1.87. The van der Waals surface area contributed by atoms with E-state index in [1.165, 1.54) is 0 Å². The molecule has 0 aromatic carbocycles. The Labute approximate surface area is 208 Å². The minimum atomic E-state index is -0.793. The Kier molecular flexibility index (Phi) is 7.67. The van der Waals surface area contributed by atoms with E-state index in [-0.39, 0.29) is 59.1 Å². The molecule has 3 rings (SSSR count). The highest BCUT2D eigenvalue weighted by molar-refractivity contribution is 5.94. The van der Waals surface area contributed by atoms with Gasteiger partial charge in [0, 0.05) is 25.4 Å². The zero-order chi connectivity index (χ0) is 26.3. The SMILES string of the molecule is CC(C)CC(=O)NC(C(=O)N1C[C@H]2[C@@H]([C@H]1C(=O)NC(C=O)CC1CCNC1=O)C2(C)C)C(C)(C)C. The average Bonchev–Trinajstić information content (AvgIpc) is 3.09. The second kappa shape index (κ2) is 9.90. The molecular formula is C26H42N4O5. The molecule has 196 valence electrons. The highest BCUT2D eigenvalue weighted by Gasteiger charge is 2.69. The Hall–Kier alpha value is -2.45. The van der Waals surface area contributed by atoms with Crippen LogP contribution in [0.1, 0.15) is 67.7 Å². The molecule has 2 saturated heterocycles. The third kappa shape index (κ3) is 5.70. The lowest BCUT2D eigenvalue weighted by Crippen LogP contribution is -2.60. The lowest BCUT2D eigenvalue weighted by molar-refractivity contribution is -0.146. The van der Waals surface area contributed by atoms with Gasteiger partial charge in [0.1, 0.15) is 18.4 Å². The van der Waals surface area contributed by atoms with Crippen LogP contribution in [0.25, 0.3) is 0 Å².